The monoisotopic (exact) mass is 398 g/mol. The highest BCUT2D eigenvalue weighted by molar-refractivity contribution is 8.18. The Kier molecular flexibility index (Phi) is 5.36. The average Bonchev–Trinajstić information content (AvgIpc) is 2.91. The fourth-order valence-electron chi connectivity index (χ4n) is 2.52. The second-order valence-corrected chi connectivity index (χ2v) is 7.29. The fraction of sp³-hybridized carbons (Fsp3) is 0.158. The smallest absolute Gasteiger partial charge is 0.311 e. The molecule has 28 heavy (non-hydrogen) atoms. The third kappa shape index (κ3) is 3.99. The highest BCUT2D eigenvalue weighted by Gasteiger charge is 2.30. The van der Waals surface area contributed by atoms with Crippen LogP contribution in [0.1, 0.15) is 5.56 Å². The Morgan fingerprint density at radius 1 is 1.21 bits per heavy atom. The molecule has 1 fully saturated rings. The van der Waals surface area contributed by atoms with E-state index in [4.69, 9.17) is 0 Å². The number of anilines is 1. The highest BCUT2D eigenvalue weighted by atomic mass is 32.2. The number of nitro groups is 1. The standard InChI is InChI=1S/C19H18N4O4S/c1-21(2)14-7-5-13(6-8-14)20-19-22(3)18(25)17(28-19)11-12-4-9-16(24)15(10-12)23(26)27/h4-11,24H,1-3H3/b17-11-,20-19?. The topological polar surface area (TPSA) is 99.3 Å². The molecule has 3 rings (SSSR count). The van der Waals surface area contributed by atoms with Crippen LogP contribution in [0, 0.1) is 10.1 Å². The summed E-state index contributed by atoms with van der Waals surface area (Å²) in [4.78, 5) is 31.1. The van der Waals surface area contributed by atoms with Crippen LogP contribution in [0.2, 0.25) is 0 Å². The maximum absolute atomic E-state index is 12.5. The number of nitro benzene ring substituents is 1. The predicted octanol–water partition coefficient (Wildman–Crippen LogP) is 3.60. The molecule has 0 bridgehead atoms. The molecule has 2 aromatic carbocycles. The van der Waals surface area contributed by atoms with E-state index < -0.39 is 16.4 Å². The van der Waals surface area contributed by atoms with Crippen LogP contribution in [0.4, 0.5) is 17.1 Å². The third-order valence-electron chi connectivity index (χ3n) is 4.09. The summed E-state index contributed by atoms with van der Waals surface area (Å²) in [6.07, 6.45) is 1.55. The second kappa shape index (κ2) is 7.73. The Balaban J connectivity index is 1.88. The van der Waals surface area contributed by atoms with Crippen molar-refractivity contribution >= 4 is 46.0 Å². The molecule has 1 heterocycles. The molecule has 8 nitrogen and oxygen atoms in total. The van der Waals surface area contributed by atoms with Crippen molar-refractivity contribution in [2.75, 3.05) is 26.0 Å². The van der Waals surface area contributed by atoms with Gasteiger partial charge in [-0.25, -0.2) is 4.99 Å². The molecule has 1 saturated heterocycles. The number of aliphatic imine (C=N–C) groups is 1. The summed E-state index contributed by atoms with van der Waals surface area (Å²) in [5.41, 5.74) is 1.80. The first-order chi connectivity index (χ1) is 13.3. The fourth-order valence-corrected chi connectivity index (χ4v) is 3.50. The number of nitrogens with zero attached hydrogens (tertiary/aromatic N) is 4. The minimum absolute atomic E-state index is 0.246. The first kappa shape index (κ1) is 19.4. The molecule has 0 atom stereocenters. The number of hydrogen-bond acceptors (Lipinski definition) is 7. The zero-order valence-electron chi connectivity index (χ0n) is 15.5. The molecule has 1 aliphatic rings. The molecule has 1 aliphatic heterocycles. The Labute approximate surface area is 165 Å². The lowest BCUT2D eigenvalue weighted by molar-refractivity contribution is -0.385. The van der Waals surface area contributed by atoms with Gasteiger partial charge in [-0.05, 0) is 53.7 Å². The molecule has 1 amide bonds. The zero-order valence-corrected chi connectivity index (χ0v) is 16.3. The molecule has 9 heteroatoms. The Hall–Kier alpha value is -3.33. The number of rotatable bonds is 4. The second-order valence-electron chi connectivity index (χ2n) is 6.29. The molecular weight excluding hydrogens is 380 g/mol. The van der Waals surface area contributed by atoms with Crippen LogP contribution in [-0.4, -0.2) is 47.1 Å². The number of amides is 1. The largest absolute Gasteiger partial charge is 0.502 e. The van der Waals surface area contributed by atoms with Crippen molar-refractivity contribution in [1.29, 1.82) is 0 Å². The van der Waals surface area contributed by atoms with Gasteiger partial charge >= 0.3 is 5.69 Å². The minimum Gasteiger partial charge on any atom is -0.502 e. The lowest BCUT2D eigenvalue weighted by atomic mass is 10.1. The van der Waals surface area contributed by atoms with Crippen LogP contribution in [0.5, 0.6) is 5.75 Å². The van der Waals surface area contributed by atoms with Crippen molar-refractivity contribution < 1.29 is 14.8 Å². The normalized spacial score (nSPS) is 16.8. The number of phenolic OH excluding ortho intramolecular Hbond substituents is 1. The predicted molar refractivity (Wildman–Crippen MR) is 111 cm³/mol. The van der Waals surface area contributed by atoms with E-state index in [-0.39, 0.29) is 5.91 Å². The van der Waals surface area contributed by atoms with Gasteiger partial charge < -0.3 is 10.0 Å². The quantitative estimate of drug-likeness (QED) is 0.480. The molecule has 0 spiro atoms. The molecule has 0 aliphatic carbocycles. The van der Waals surface area contributed by atoms with Gasteiger partial charge in [-0.3, -0.25) is 19.8 Å². The summed E-state index contributed by atoms with van der Waals surface area (Å²) in [5.74, 6) is -0.664. The van der Waals surface area contributed by atoms with E-state index in [1.165, 1.54) is 34.9 Å². The minimum atomic E-state index is -0.669. The molecule has 0 saturated carbocycles. The molecule has 1 N–H and O–H groups in total. The molecule has 0 radical (unpaired) electrons. The van der Waals surface area contributed by atoms with Crippen LogP contribution in [0.3, 0.4) is 0 Å². The van der Waals surface area contributed by atoms with Gasteiger partial charge in [0.1, 0.15) is 0 Å². The lowest BCUT2D eigenvalue weighted by Crippen LogP contribution is -2.23. The summed E-state index contributed by atoms with van der Waals surface area (Å²) in [6, 6.07) is 11.6. The maximum Gasteiger partial charge on any atom is 0.311 e. The van der Waals surface area contributed by atoms with E-state index in [9.17, 15) is 20.0 Å². The molecule has 144 valence electrons. The van der Waals surface area contributed by atoms with E-state index in [2.05, 4.69) is 4.99 Å². The van der Waals surface area contributed by atoms with Crippen molar-refractivity contribution in [2.45, 2.75) is 0 Å². The van der Waals surface area contributed by atoms with Crippen molar-refractivity contribution in [3.63, 3.8) is 0 Å². The number of hydrogen-bond donors (Lipinski definition) is 1. The number of benzene rings is 2. The van der Waals surface area contributed by atoms with E-state index >= 15 is 0 Å². The van der Waals surface area contributed by atoms with Crippen molar-refractivity contribution in [1.82, 2.24) is 4.90 Å². The highest BCUT2D eigenvalue weighted by Crippen LogP contribution is 2.35. The first-order valence-electron chi connectivity index (χ1n) is 8.27. The van der Waals surface area contributed by atoms with Gasteiger partial charge in [0, 0.05) is 32.9 Å². The van der Waals surface area contributed by atoms with Crippen molar-refractivity contribution in [3.05, 3.63) is 63.0 Å². The summed E-state index contributed by atoms with van der Waals surface area (Å²) >= 11 is 1.19. The van der Waals surface area contributed by atoms with E-state index in [0.29, 0.717) is 21.3 Å². The Morgan fingerprint density at radius 2 is 1.89 bits per heavy atom. The molecule has 0 unspecified atom stereocenters. The Bertz CT molecular complexity index is 999. The van der Waals surface area contributed by atoms with E-state index in [1.54, 1.807) is 13.1 Å². The number of likely N-dealkylation sites (N-methyl/N-ethyl adjacent to an activating group) is 1. The molecule has 2 aromatic rings. The van der Waals surface area contributed by atoms with Crippen LogP contribution in [-0.2, 0) is 4.79 Å². The average molecular weight is 398 g/mol. The van der Waals surface area contributed by atoms with Gasteiger partial charge in [0.05, 0.1) is 15.5 Å². The van der Waals surface area contributed by atoms with Gasteiger partial charge in [0.15, 0.2) is 10.9 Å². The lowest BCUT2D eigenvalue weighted by Gasteiger charge is -2.12. The number of aromatic hydroxyl groups is 1. The van der Waals surface area contributed by atoms with Crippen LogP contribution in [0.15, 0.2) is 52.4 Å². The zero-order chi connectivity index (χ0) is 20.4. The van der Waals surface area contributed by atoms with Crippen molar-refractivity contribution in [2.24, 2.45) is 4.99 Å². The number of carbonyl (C=O) groups excluding carboxylic acids is 1. The van der Waals surface area contributed by atoms with Crippen LogP contribution in [0.25, 0.3) is 6.08 Å². The number of amidine groups is 1. The third-order valence-corrected chi connectivity index (χ3v) is 5.15. The summed E-state index contributed by atoms with van der Waals surface area (Å²) in [7, 11) is 5.53. The van der Waals surface area contributed by atoms with Crippen molar-refractivity contribution in [3.8, 4) is 5.75 Å². The summed E-state index contributed by atoms with van der Waals surface area (Å²) in [5, 5.41) is 21.0. The molecular formula is C19H18N4O4S. The van der Waals surface area contributed by atoms with Gasteiger partial charge in [-0.15, -0.1) is 0 Å². The first-order valence-corrected chi connectivity index (χ1v) is 9.09. The Morgan fingerprint density at radius 3 is 2.50 bits per heavy atom. The SMILES string of the molecule is CN1C(=O)/C(=C/c2ccc(O)c([N+](=O)[O-])c2)SC1=Nc1ccc(N(C)C)cc1. The van der Waals surface area contributed by atoms with Gasteiger partial charge in [-0.2, -0.15) is 0 Å². The van der Waals surface area contributed by atoms with Crippen LogP contribution >= 0.6 is 11.8 Å². The van der Waals surface area contributed by atoms with Gasteiger partial charge in [-0.1, -0.05) is 6.07 Å². The summed E-state index contributed by atoms with van der Waals surface area (Å²) in [6.45, 7) is 0. The van der Waals surface area contributed by atoms with E-state index in [1.807, 2.05) is 43.3 Å². The molecule has 0 aromatic heterocycles. The van der Waals surface area contributed by atoms with E-state index in [0.717, 1.165) is 5.69 Å². The maximum atomic E-state index is 12.5. The van der Waals surface area contributed by atoms with Gasteiger partial charge in [0.25, 0.3) is 5.91 Å². The van der Waals surface area contributed by atoms with Gasteiger partial charge in [0.2, 0.25) is 0 Å². The number of thioether (sulfide) groups is 1. The number of carbonyl (C=O) groups is 1. The summed E-state index contributed by atoms with van der Waals surface area (Å²) < 4.78 is 0. The van der Waals surface area contributed by atoms with Crippen LogP contribution < -0.4 is 4.90 Å². The number of phenols is 1.